The Kier molecular flexibility index (Phi) is 7.64. The molecule has 27 heavy (non-hydrogen) atoms. The monoisotopic (exact) mass is 448 g/mol. The first-order chi connectivity index (χ1) is 12.1. The van der Waals surface area contributed by atoms with Crippen LogP contribution in [0.1, 0.15) is 28.2 Å². The van der Waals surface area contributed by atoms with E-state index in [1.807, 2.05) is 21.7 Å². The van der Waals surface area contributed by atoms with E-state index < -0.39 is 0 Å². The quantitative estimate of drug-likeness (QED) is 0.751. The summed E-state index contributed by atoms with van der Waals surface area (Å²) in [5.74, 6) is 0.960. The number of hydrogen-bond acceptors (Lipinski definition) is 6. The van der Waals surface area contributed by atoms with E-state index in [4.69, 9.17) is 5.73 Å². The molecule has 1 aliphatic heterocycles. The van der Waals surface area contributed by atoms with Crippen LogP contribution < -0.4 is 11.1 Å². The van der Waals surface area contributed by atoms with E-state index >= 15 is 0 Å². The minimum atomic E-state index is -0.163. The molecule has 1 saturated heterocycles. The standard InChI is InChI=1S/C17H20N4O2S2.2ClH/c18-13-4-3-10-7-21(8-12(10)13)15(22)6-11-9-25-17(19-11)20-16(23)14-2-1-5-24-14;;/h1-2,5,9-10,12-13H,3-4,6-8,18H2,(H,19,20,23);2*1H. The number of fused-ring (bicyclic) bond motifs is 1. The van der Waals surface area contributed by atoms with E-state index in [0.29, 0.717) is 27.5 Å². The number of carbonyl (C=O) groups is 2. The topological polar surface area (TPSA) is 88.3 Å². The SMILES string of the molecule is Cl.Cl.NC1CCC2CN(C(=O)Cc3csc(NC(=O)c4cccs4)n3)CC12. The lowest BCUT2D eigenvalue weighted by atomic mass is 9.98. The van der Waals surface area contributed by atoms with Crippen LogP contribution in [-0.4, -0.2) is 40.8 Å². The maximum Gasteiger partial charge on any atom is 0.267 e. The highest BCUT2D eigenvalue weighted by molar-refractivity contribution is 7.14. The summed E-state index contributed by atoms with van der Waals surface area (Å²) < 4.78 is 0. The number of nitrogens with zero attached hydrogens (tertiary/aromatic N) is 2. The lowest BCUT2D eigenvalue weighted by molar-refractivity contribution is -0.129. The van der Waals surface area contributed by atoms with Crippen LogP contribution in [-0.2, 0) is 11.2 Å². The summed E-state index contributed by atoms with van der Waals surface area (Å²) in [5.41, 5.74) is 6.84. The fourth-order valence-corrected chi connectivity index (χ4v) is 5.11. The fraction of sp³-hybridized carbons (Fsp3) is 0.471. The molecule has 3 heterocycles. The molecule has 2 aliphatic rings. The van der Waals surface area contributed by atoms with Gasteiger partial charge in [0.05, 0.1) is 17.0 Å². The Morgan fingerprint density at radius 1 is 1.26 bits per heavy atom. The zero-order valence-corrected chi connectivity index (χ0v) is 17.8. The van der Waals surface area contributed by atoms with Gasteiger partial charge in [0.2, 0.25) is 5.91 Å². The molecule has 148 valence electrons. The number of amides is 2. The van der Waals surface area contributed by atoms with E-state index in [0.717, 1.165) is 25.9 Å². The highest BCUT2D eigenvalue weighted by Gasteiger charge is 2.42. The van der Waals surface area contributed by atoms with Gasteiger partial charge in [-0.1, -0.05) is 6.07 Å². The second kappa shape index (κ2) is 9.34. The van der Waals surface area contributed by atoms with E-state index in [9.17, 15) is 9.59 Å². The summed E-state index contributed by atoms with van der Waals surface area (Å²) in [5, 5.41) is 7.01. The molecule has 0 radical (unpaired) electrons. The molecule has 2 aromatic heterocycles. The zero-order valence-electron chi connectivity index (χ0n) is 14.5. The third kappa shape index (κ3) is 4.81. The second-order valence-corrected chi connectivity index (χ2v) is 8.52. The Labute approximate surface area is 178 Å². The van der Waals surface area contributed by atoms with E-state index in [2.05, 4.69) is 10.3 Å². The van der Waals surface area contributed by atoms with E-state index in [1.165, 1.54) is 22.7 Å². The first-order valence-corrected chi connectivity index (χ1v) is 10.2. The molecule has 0 bridgehead atoms. The number of carbonyl (C=O) groups excluding carboxylic acids is 2. The van der Waals surface area contributed by atoms with Crippen molar-refractivity contribution in [3.8, 4) is 0 Å². The summed E-state index contributed by atoms with van der Waals surface area (Å²) in [7, 11) is 0. The van der Waals surface area contributed by atoms with Crippen LogP contribution in [0.4, 0.5) is 5.13 Å². The normalized spacial score (nSPS) is 23.3. The van der Waals surface area contributed by atoms with Crippen molar-refractivity contribution in [3.63, 3.8) is 0 Å². The first-order valence-electron chi connectivity index (χ1n) is 8.43. The third-order valence-electron chi connectivity index (χ3n) is 5.11. The average Bonchev–Trinajstić information content (AvgIpc) is 3.34. The molecule has 0 aromatic carbocycles. The lowest BCUT2D eigenvalue weighted by Gasteiger charge is -2.18. The van der Waals surface area contributed by atoms with Gasteiger partial charge in [0.25, 0.3) is 5.91 Å². The Balaban J connectivity index is 0.00000131. The van der Waals surface area contributed by atoms with E-state index in [-0.39, 0.29) is 49.1 Å². The van der Waals surface area contributed by atoms with E-state index in [1.54, 1.807) is 6.07 Å². The van der Waals surface area contributed by atoms with Crippen molar-refractivity contribution in [1.29, 1.82) is 0 Å². The number of thiazole rings is 1. The van der Waals surface area contributed by atoms with Crippen molar-refractivity contribution < 1.29 is 9.59 Å². The molecule has 2 fully saturated rings. The molecule has 1 saturated carbocycles. The summed E-state index contributed by atoms with van der Waals surface area (Å²) in [4.78, 5) is 31.5. The number of nitrogens with two attached hydrogens (primary N) is 1. The highest BCUT2D eigenvalue weighted by Crippen LogP contribution is 2.37. The molecule has 2 aromatic rings. The molecule has 4 rings (SSSR count). The minimum absolute atomic E-state index is 0. The van der Waals surface area contributed by atoms with Gasteiger partial charge in [-0.15, -0.1) is 47.5 Å². The number of hydrogen-bond donors (Lipinski definition) is 2. The Hall–Kier alpha value is -1.19. The van der Waals surface area contributed by atoms with Crippen LogP contribution in [0.5, 0.6) is 0 Å². The van der Waals surface area contributed by atoms with Crippen molar-refractivity contribution in [2.45, 2.75) is 25.3 Å². The van der Waals surface area contributed by atoms with Crippen molar-refractivity contribution in [2.24, 2.45) is 17.6 Å². The Morgan fingerprint density at radius 2 is 2.07 bits per heavy atom. The Morgan fingerprint density at radius 3 is 2.78 bits per heavy atom. The summed E-state index contributed by atoms with van der Waals surface area (Å²) in [6.45, 7) is 1.60. The van der Waals surface area contributed by atoms with Crippen LogP contribution in [0.25, 0.3) is 0 Å². The molecule has 0 spiro atoms. The highest BCUT2D eigenvalue weighted by atomic mass is 35.5. The molecular weight excluding hydrogens is 427 g/mol. The van der Waals surface area contributed by atoms with Crippen molar-refractivity contribution in [2.75, 3.05) is 18.4 Å². The van der Waals surface area contributed by atoms with Gasteiger partial charge in [0.15, 0.2) is 5.13 Å². The fourth-order valence-electron chi connectivity index (χ4n) is 3.79. The van der Waals surface area contributed by atoms with Gasteiger partial charge in [-0.2, -0.15) is 0 Å². The summed E-state index contributed by atoms with van der Waals surface area (Å²) in [6.07, 6.45) is 2.49. The van der Waals surface area contributed by atoms with Crippen LogP contribution in [0.15, 0.2) is 22.9 Å². The zero-order chi connectivity index (χ0) is 17.4. The number of anilines is 1. The largest absolute Gasteiger partial charge is 0.342 e. The molecule has 1 aliphatic carbocycles. The summed E-state index contributed by atoms with van der Waals surface area (Å²) >= 11 is 2.73. The third-order valence-corrected chi connectivity index (χ3v) is 6.79. The average molecular weight is 449 g/mol. The minimum Gasteiger partial charge on any atom is -0.342 e. The number of nitrogens with one attached hydrogen (secondary N) is 1. The smallest absolute Gasteiger partial charge is 0.267 e. The van der Waals surface area contributed by atoms with Gasteiger partial charge in [0.1, 0.15) is 0 Å². The van der Waals surface area contributed by atoms with Gasteiger partial charge in [0, 0.05) is 24.5 Å². The molecule has 3 atom stereocenters. The van der Waals surface area contributed by atoms with Crippen molar-refractivity contribution in [3.05, 3.63) is 33.5 Å². The summed E-state index contributed by atoms with van der Waals surface area (Å²) in [6, 6.07) is 3.84. The molecule has 6 nitrogen and oxygen atoms in total. The van der Waals surface area contributed by atoms with Crippen LogP contribution in [0.3, 0.4) is 0 Å². The number of likely N-dealkylation sites (tertiary alicyclic amines) is 1. The second-order valence-electron chi connectivity index (χ2n) is 6.72. The molecular formula is C17H22Cl2N4O2S2. The van der Waals surface area contributed by atoms with Gasteiger partial charge < -0.3 is 10.6 Å². The number of rotatable bonds is 4. The maximum absolute atomic E-state index is 12.5. The predicted molar refractivity (Wildman–Crippen MR) is 113 cm³/mol. The van der Waals surface area contributed by atoms with Gasteiger partial charge in [-0.05, 0) is 36.1 Å². The van der Waals surface area contributed by atoms with Crippen LogP contribution >= 0.6 is 47.5 Å². The van der Waals surface area contributed by atoms with Gasteiger partial charge in [-0.25, -0.2) is 4.98 Å². The molecule has 3 N–H and O–H groups in total. The first kappa shape index (κ1) is 22.1. The predicted octanol–water partition coefficient (Wildman–Crippen LogP) is 3.04. The number of aromatic nitrogens is 1. The van der Waals surface area contributed by atoms with Gasteiger partial charge in [-0.3, -0.25) is 14.9 Å². The molecule has 3 unspecified atom stereocenters. The number of thiophene rings is 1. The van der Waals surface area contributed by atoms with Crippen LogP contribution in [0, 0.1) is 11.8 Å². The molecule has 2 amide bonds. The Bertz CT molecular complexity index is 784. The molecule has 10 heteroatoms. The van der Waals surface area contributed by atoms with Crippen molar-refractivity contribution >= 4 is 64.4 Å². The van der Waals surface area contributed by atoms with Crippen LogP contribution in [0.2, 0.25) is 0 Å². The maximum atomic E-state index is 12.5. The lowest BCUT2D eigenvalue weighted by Crippen LogP contribution is -2.34. The van der Waals surface area contributed by atoms with Crippen molar-refractivity contribution in [1.82, 2.24) is 9.88 Å². The number of halogens is 2. The van der Waals surface area contributed by atoms with Gasteiger partial charge >= 0.3 is 0 Å².